The lowest BCUT2D eigenvalue weighted by Gasteiger charge is -2.19. The molecule has 1 aromatic heterocycles. The lowest BCUT2D eigenvalue weighted by atomic mass is 10.2. The number of amides is 1. The molecule has 0 aliphatic heterocycles. The summed E-state index contributed by atoms with van der Waals surface area (Å²) in [6.45, 7) is -0.277. The molecule has 0 aliphatic rings. The lowest BCUT2D eigenvalue weighted by Crippen LogP contribution is -2.26. The third-order valence-electron chi connectivity index (χ3n) is 5.57. The van der Waals surface area contributed by atoms with Crippen molar-refractivity contribution in [3.05, 3.63) is 83.2 Å². The van der Waals surface area contributed by atoms with Gasteiger partial charge in [-0.2, -0.15) is 4.99 Å². The van der Waals surface area contributed by atoms with Crippen LogP contribution in [0.15, 0.2) is 87.6 Å². The zero-order valence-corrected chi connectivity index (χ0v) is 22.6. The Bertz CT molecular complexity index is 1810. The van der Waals surface area contributed by atoms with Gasteiger partial charge in [0.1, 0.15) is 6.54 Å². The third kappa shape index (κ3) is 5.52. The van der Waals surface area contributed by atoms with E-state index in [4.69, 9.17) is 9.88 Å². The molecule has 14 heteroatoms. The summed E-state index contributed by atoms with van der Waals surface area (Å²) in [6, 6.07) is 17.9. The van der Waals surface area contributed by atoms with Crippen molar-refractivity contribution >= 4 is 59.2 Å². The Balaban J connectivity index is 1.71. The van der Waals surface area contributed by atoms with Crippen molar-refractivity contribution in [3.63, 3.8) is 0 Å². The second kappa shape index (κ2) is 10.5. The molecule has 0 saturated heterocycles. The summed E-state index contributed by atoms with van der Waals surface area (Å²) in [6.07, 6.45) is 0. The molecule has 0 radical (unpaired) electrons. The average molecular weight is 575 g/mol. The summed E-state index contributed by atoms with van der Waals surface area (Å²) < 4.78 is 57.2. The van der Waals surface area contributed by atoms with Gasteiger partial charge < -0.3 is 9.30 Å². The Morgan fingerprint density at radius 1 is 0.974 bits per heavy atom. The van der Waals surface area contributed by atoms with E-state index in [-0.39, 0.29) is 26.7 Å². The molecule has 3 aromatic carbocycles. The third-order valence-corrected chi connectivity index (χ3v) is 9.33. The van der Waals surface area contributed by atoms with Crippen LogP contribution in [0.2, 0.25) is 0 Å². The van der Waals surface area contributed by atoms with E-state index >= 15 is 0 Å². The number of hydrogen-bond donors (Lipinski definition) is 1. The van der Waals surface area contributed by atoms with E-state index in [0.717, 1.165) is 15.6 Å². The summed E-state index contributed by atoms with van der Waals surface area (Å²) in [5.74, 6) is -1.30. The number of nitrogens with zero attached hydrogens (tertiary/aromatic N) is 3. The number of fused-ring (bicyclic) bond motifs is 1. The Labute approximate surface area is 222 Å². The normalized spacial score (nSPS) is 12.4. The molecule has 1 heterocycles. The average Bonchev–Trinajstić information content (AvgIpc) is 3.23. The summed E-state index contributed by atoms with van der Waals surface area (Å²) in [7, 11) is -5.20. The molecule has 0 spiro atoms. The number of ether oxygens (including phenoxy) is 1. The van der Waals surface area contributed by atoms with Gasteiger partial charge in [0.05, 0.1) is 32.8 Å². The fraction of sp³-hybridized carbons (Fsp3) is 0.125. The zero-order valence-electron chi connectivity index (χ0n) is 20.1. The summed E-state index contributed by atoms with van der Waals surface area (Å²) in [5, 5.41) is 5.22. The van der Waals surface area contributed by atoms with Crippen LogP contribution in [0.4, 0.5) is 5.69 Å². The smallest absolute Gasteiger partial charge is 0.325 e. The lowest BCUT2D eigenvalue weighted by molar-refractivity contribution is -0.141. The molecule has 0 fully saturated rings. The molecular formula is C24H22N4O7S3. The molecule has 0 saturated carbocycles. The van der Waals surface area contributed by atoms with Crippen molar-refractivity contribution < 1.29 is 31.2 Å². The molecule has 4 rings (SSSR count). The van der Waals surface area contributed by atoms with Crippen molar-refractivity contribution in [2.24, 2.45) is 10.1 Å². The molecule has 1 amide bonds. The first kappa shape index (κ1) is 27.2. The maximum atomic E-state index is 13.0. The maximum absolute atomic E-state index is 13.0. The van der Waals surface area contributed by atoms with Gasteiger partial charge in [-0.15, -0.1) is 0 Å². The van der Waals surface area contributed by atoms with Crippen molar-refractivity contribution in [1.82, 2.24) is 4.57 Å². The first-order chi connectivity index (χ1) is 17.9. The monoisotopic (exact) mass is 574 g/mol. The number of anilines is 1. The number of aromatic nitrogens is 1. The van der Waals surface area contributed by atoms with Gasteiger partial charge in [-0.05, 0) is 54.6 Å². The molecule has 4 aromatic rings. The number of nitrogens with two attached hydrogens (primary N) is 1. The molecule has 0 unspecified atom stereocenters. The Kier molecular flexibility index (Phi) is 7.51. The Hall–Kier alpha value is -3.85. The van der Waals surface area contributed by atoms with E-state index in [2.05, 4.69) is 4.99 Å². The number of esters is 1. The number of para-hydroxylation sites is 1. The molecule has 38 heavy (non-hydrogen) atoms. The number of carbonyl (C=O) groups is 2. The van der Waals surface area contributed by atoms with Gasteiger partial charge in [-0.25, -0.2) is 22.0 Å². The van der Waals surface area contributed by atoms with Crippen LogP contribution in [-0.2, 0) is 36.1 Å². The molecule has 0 bridgehead atoms. The van der Waals surface area contributed by atoms with Gasteiger partial charge in [0.2, 0.25) is 10.0 Å². The predicted molar refractivity (Wildman–Crippen MR) is 142 cm³/mol. The van der Waals surface area contributed by atoms with Crippen LogP contribution in [0.25, 0.3) is 10.2 Å². The van der Waals surface area contributed by atoms with Gasteiger partial charge >= 0.3 is 5.97 Å². The fourth-order valence-corrected chi connectivity index (χ4v) is 6.39. The van der Waals surface area contributed by atoms with Crippen molar-refractivity contribution in [3.8, 4) is 0 Å². The molecule has 2 N–H and O–H groups in total. The van der Waals surface area contributed by atoms with Gasteiger partial charge in [0.25, 0.3) is 15.9 Å². The first-order valence-corrected chi connectivity index (χ1v) is 14.7. The minimum absolute atomic E-state index is 0.0152. The highest BCUT2D eigenvalue weighted by atomic mass is 32.2. The van der Waals surface area contributed by atoms with E-state index < -0.39 is 31.9 Å². The van der Waals surface area contributed by atoms with Crippen LogP contribution in [0, 0.1) is 0 Å². The number of methoxy groups -OCH3 is 1. The van der Waals surface area contributed by atoms with Crippen LogP contribution in [0.5, 0.6) is 0 Å². The van der Waals surface area contributed by atoms with Crippen LogP contribution in [0.3, 0.4) is 0 Å². The van der Waals surface area contributed by atoms with Crippen molar-refractivity contribution in [2.45, 2.75) is 16.3 Å². The second-order valence-electron chi connectivity index (χ2n) is 7.97. The number of carbonyl (C=O) groups excluding carboxylic acids is 2. The van der Waals surface area contributed by atoms with E-state index in [1.807, 2.05) is 0 Å². The second-order valence-corrected chi connectivity index (χ2v) is 12.5. The fourth-order valence-electron chi connectivity index (χ4n) is 3.52. The number of primary sulfonamides is 1. The number of thiazole rings is 1. The molecule has 198 valence electrons. The van der Waals surface area contributed by atoms with Gasteiger partial charge in [0.15, 0.2) is 4.80 Å². The number of benzene rings is 3. The molecule has 0 aliphatic carbocycles. The van der Waals surface area contributed by atoms with Gasteiger partial charge in [-0.1, -0.05) is 29.5 Å². The van der Waals surface area contributed by atoms with Gasteiger partial charge in [-0.3, -0.25) is 13.9 Å². The summed E-state index contributed by atoms with van der Waals surface area (Å²) in [5.41, 5.74) is 1.04. The van der Waals surface area contributed by atoms with Crippen LogP contribution in [-0.4, -0.2) is 47.4 Å². The Morgan fingerprint density at radius 2 is 1.61 bits per heavy atom. The van der Waals surface area contributed by atoms with Crippen LogP contribution < -0.4 is 14.2 Å². The van der Waals surface area contributed by atoms with E-state index in [0.29, 0.717) is 15.9 Å². The van der Waals surface area contributed by atoms with Crippen LogP contribution >= 0.6 is 11.3 Å². The van der Waals surface area contributed by atoms with Crippen molar-refractivity contribution in [1.29, 1.82) is 0 Å². The van der Waals surface area contributed by atoms with E-state index in [1.165, 1.54) is 61.2 Å². The SMILES string of the molecule is COC(=O)Cn1c(=NC(=O)c2ccc(S(=O)(=O)N(C)c3ccccc3)cc2)sc2cc(S(N)(=O)=O)ccc21. The highest BCUT2D eigenvalue weighted by Crippen LogP contribution is 2.23. The molecule has 11 nitrogen and oxygen atoms in total. The number of rotatable bonds is 7. The Morgan fingerprint density at radius 3 is 2.21 bits per heavy atom. The number of hydrogen-bond acceptors (Lipinski definition) is 8. The summed E-state index contributed by atoms with van der Waals surface area (Å²) in [4.78, 5) is 29.1. The van der Waals surface area contributed by atoms with E-state index in [9.17, 15) is 26.4 Å². The minimum atomic E-state index is -3.98. The largest absolute Gasteiger partial charge is 0.468 e. The predicted octanol–water partition coefficient (Wildman–Crippen LogP) is 2.09. The standard InChI is InChI=1S/C24H22N4O7S3/c1-27(17-6-4-3-5-7-17)38(33,34)18-10-8-16(9-11-18)23(30)26-24-28(15-22(29)35-2)20-13-12-19(37(25,31)32)14-21(20)36-24/h3-14H,15H2,1-2H3,(H2,25,31,32). The molecule has 0 atom stereocenters. The van der Waals surface area contributed by atoms with Crippen LogP contribution in [0.1, 0.15) is 10.4 Å². The first-order valence-electron chi connectivity index (χ1n) is 10.9. The van der Waals surface area contributed by atoms with Crippen molar-refractivity contribution in [2.75, 3.05) is 18.5 Å². The number of sulfonamides is 2. The highest BCUT2D eigenvalue weighted by Gasteiger charge is 2.22. The summed E-state index contributed by atoms with van der Waals surface area (Å²) >= 11 is 0.984. The van der Waals surface area contributed by atoms with E-state index in [1.54, 1.807) is 30.3 Å². The highest BCUT2D eigenvalue weighted by molar-refractivity contribution is 7.92. The topological polar surface area (TPSA) is 158 Å². The molecular weight excluding hydrogens is 552 g/mol. The van der Waals surface area contributed by atoms with Gasteiger partial charge in [0, 0.05) is 12.6 Å². The zero-order chi connectivity index (χ0) is 27.7. The maximum Gasteiger partial charge on any atom is 0.325 e. The quantitative estimate of drug-likeness (QED) is 0.331. The minimum Gasteiger partial charge on any atom is -0.468 e.